The van der Waals surface area contributed by atoms with Gasteiger partial charge in [-0.05, 0) is 48.4 Å². The minimum absolute atomic E-state index is 0.137. The first kappa shape index (κ1) is 13.4. The summed E-state index contributed by atoms with van der Waals surface area (Å²) in [5, 5.41) is 3.72. The number of fused-ring (bicyclic) bond motifs is 1. The Morgan fingerprint density at radius 3 is 2.95 bits per heavy atom. The van der Waals surface area contributed by atoms with Gasteiger partial charge in [-0.3, -0.25) is 0 Å². The van der Waals surface area contributed by atoms with Crippen molar-refractivity contribution in [3.63, 3.8) is 0 Å². The molecule has 1 aliphatic heterocycles. The molecule has 0 aliphatic carbocycles. The number of nitrogens with one attached hydrogen (secondary N) is 1. The fourth-order valence-corrected chi connectivity index (χ4v) is 2.59. The van der Waals surface area contributed by atoms with Gasteiger partial charge in [0.25, 0.3) is 0 Å². The van der Waals surface area contributed by atoms with Gasteiger partial charge in [0.2, 0.25) is 0 Å². The molecule has 104 valence electrons. The van der Waals surface area contributed by atoms with E-state index in [1.165, 1.54) is 17.2 Å². The molecular formula is C16H15ClFNO. The van der Waals surface area contributed by atoms with Gasteiger partial charge in [-0.15, -0.1) is 0 Å². The number of rotatable bonds is 3. The number of hydrogen-bond acceptors (Lipinski definition) is 2. The molecule has 3 rings (SSSR count). The second-order valence-electron chi connectivity index (χ2n) is 4.85. The molecule has 0 unspecified atom stereocenters. The van der Waals surface area contributed by atoms with Crippen LogP contribution >= 0.6 is 11.6 Å². The Bertz CT molecular complexity index is 610. The Hall–Kier alpha value is -1.58. The van der Waals surface area contributed by atoms with Crippen LogP contribution in [0.25, 0.3) is 0 Å². The molecule has 0 spiro atoms. The predicted octanol–water partition coefficient (Wildman–Crippen LogP) is 3.70. The highest BCUT2D eigenvalue weighted by molar-refractivity contribution is 6.31. The van der Waals surface area contributed by atoms with Crippen molar-refractivity contribution in [2.45, 2.75) is 19.6 Å². The fourth-order valence-electron chi connectivity index (χ4n) is 2.37. The van der Waals surface area contributed by atoms with Crippen molar-refractivity contribution in [1.29, 1.82) is 0 Å². The zero-order valence-corrected chi connectivity index (χ0v) is 11.7. The van der Waals surface area contributed by atoms with Gasteiger partial charge in [-0.1, -0.05) is 23.7 Å². The SMILES string of the molecule is Fc1cccc(Cl)c1COc1ccc2c(c1)CNCC2. The van der Waals surface area contributed by atoms with Gasteiger partial charge in [-0.2, -0.15) is 0 Å². The third-order valence-electron chi connectivity index (χ3n) is 3.51. The highest BCUT2D eigenvalue weighted by atomic mass is 35.5. The zero-order valence-electron chi connectivity index (χ0n) is 11.0. The van der Waals surface area contributed by atoms with E-state index >= 15 is 0 Å². The molecule has 2 nitrogen and oxygen atoms in total. The maximum atomic E-state index is 13.7. The highest BCUT2D eigenvalue weighted by Crippen LogP contribution is 2.24. The summed E-state index contributed by atoms with van der Waals surface area (Å²) in [6.07, 6.45) is 1.04. The van der Waals surface area contributed by atoms with E-state index in [9.17, 15) is 4.39 Å². The van der Waals surface area contributed by atoms with Crippen molar-refractivity contribution in [1.82, 2.24) is 5.32 Å². The molecule has 0 radical (unpaired) electrons. The molecule has 0 bridgehead atoms. The number of benzene rings is 2. The van der Waals surface area contributed by atoms with Crippen LogP contribution in [-0.2, 0) is 19.6 Å². The molecule has 0 aromatic heterocycles. The van der Waals surface area contributed by atoms with Gasteiger partial charge in [0, 0.05) is 12.1 Å². The maximum Gasteiger partial charge on any atom is 0.131 e. The van der Waals surface area contributed by atoms with E-state index in [-0.39, 0.29) is 12.4 Å². The Kier molecular flexibility index (Phi) is 3.90. The Morgan fingerprint density at radius 1 is 1.20 bits per heavy atom. The van der Waals surface area contributed by atoms with Crippen LogP contribution < -0.4 is 10.1 Å². The second-order valence-corrected chi connectivity index (χ2v) is 5.25. The predicted molar refractivity (Wildman–Crippen MR) is 77.6 cm³/mol. The summed E-state index contributed by atoms with van der Waals surface area (Å²) in [5.41, 5.74) is 2.98. The van der Waals surface area contributed by atoms with Crippen molar-refractivity contribution < 1.29 is 9.13 Å². The summed E-state index contributed by atoms with van der Waals surface area (Å²) >= 11 is 5.98. The second kappa shape index (κ2) is 5.81. The van der Waals surface area contributed by atoms with Crippen molar-refractivity contribution in [3.8, 4) is 5.75 Å². The fraction of sp³-hybridized carbons (Fsp3) is 0.250. The van der Waals surface area contributed by atoms with Crippen LogP contribution in [0.2, 0.25) is 5.02 Å². The average molecular weight is 292 g/mol. The molecule has 0 amide bonds. The van der Waals surface area contributed by atoms with E-state index in [4.69, 9.17) is 16.3 Å². The smallest absolute Gasteiger partial charge is 0.131 e. The van der Waals surface area contributed by atoms with Gasteiger partial charge >= 0.3 is 0 Å². The molecular weight excluding hydrogens is 277 g/mol. The molecule has 1 aliphatic rings. The molecule has 20 heavy (non-hydrogen) atoms. The molecule has 2 aromatic carbocycles. The van der Waals surface area contributed by atoms with Crippen LogP contribution in [0.5, 0.6) is 5.75 Å². The van der Waals surface area contributed by atoms with E-state index < -0.39 is 0 Å². The van der Waals surface area contributed by atoms with Gasteiger partial charge < -0.3 is 10.1 Å². The van der Waals surface area contributed by atoms with E-state index in [1.807, 2.05) is 12.1 Å². The lowest BCUT2D eigenvalue weighted by Gasteiger charge is -2.18. The molecule has 4 heteroatoms. The summed E-state index contributed by atoms with van der Waals surface area (Å²) in [4.78, 5) is 0. The Labute approximate surface area is 122 Å². The third-order valence-corrected chi connectivity index (χ3v) is 3.86. The van der Waals surface area contributed by atoms with Crippen LogP contribution in [0, 0.1) is 5.82 Å². The summed E-state index contributed by atoms with van der Waals surface area (Å²) < 4.78 is 19.3. The van der Waals surface area contributed by atoms with Gasteiger partial charge in [0.1, 0.15) is 18.2 Å². The van der Waals surface area contributed by atoms with Crippen molar-refractivity contribution in [2.75, 3.05) is 6.54 Å². The lowest BCUT2D eigenvalue weighted by atomic mass is 10.0. The lowest BCUT2D eigenvalue weighted by molar-refractivity contribution is 0.299. The summed E-state index contributed by atoms with van der Waals surface area (Å²) in [6, 6.07) is 10.7. The van der Waals surface area contributed by atoms with Crippen LogP contribution in [0.3, 0.4) is 0 Å². The van der Waals surface area contributed by atoms with Crippen LogP contribution in [0.1, 0.15) is 16.7 Å². The third kappa shape index (κ3) is 2.79. The van der Waals surface area contributed by atoms with Crippen LogP contribution in [0.15, 0.2) is 36.4 Å². The highest BCUT2D eigenvalue weighted by Gasteiger charge is 2.11. The largest absolute Gasteiger partial charge is 0.489 e. The standard InChI is InChI=1S/C16H15ClFNO/c17-15-2-1-3-16(18)14(15)10-20-13-5-4-11-6-7-19-9-12(11)8-13/h1-5,8,19H,6-7,9-10H2. The maximum absolute atomic E-state index is 13.7. The van der Waals surface area contributed by atoms with E-state index in [1.54, 1.807) is 12.1 Å². The summed E-state index contributed by atoms with van der Waals surface area (Å²) in [6.45, 7) is 2.00. The normalized spacial score (nSPS) is 13.9. The Morgan fingerprint density at radius 2 is 2.10 bits per heavy atom. The van der Waals surface area contributed by atoms with Gasteiger partial charge in [-0.25, -0.2) is 4.39 Å². The molecule has 1 N–H and O–H groups in total. The minimum Gasteiger partial charge on any atom is -0.489 e. The minimum atomic E-state index is -0.336. The molecule has 0 atom stereocenters. The monoisotopic (exact) mass is 291 g/mol. The molecule has 2 aromatic rings. The molecule has 0 fully saturated rings. The molecule has 1 heterocycles. The first-order valence-electron chi connectivity index (χ1n) is 6.62. The van der Waals surface area contributed by atoms with Crippen molar-refractivity contribution >= 4 is 11.6 Å². The first-order valence-corrected chi connectivity index (χ1v) is 7.00. The van der Waals surface area contributed by atoms with E-state index in [0.29, 0.717) is 10.6 Å². The van der Waals surface area contributed by atoms with E-state index in [0.717, 1.165) is 25.3 Å². The zero-order chi connectivity index (χ0) is 13.9. The van der Waals surface area contributed by atoms with Crippen molar-refractivity contribution in [3.05, 3.63) is 63.9 Å². The number of halogens is 2. The van der Waals surface area contributed by atoms with Gasteiger partial charge in [0.05, 0.1) is 5.02 Å². The first-order chi connectivity index (χ1) is 9.74. The van der Waals surface area contributed by atoms with Crippen LogP contribution in [0.4, 0.5) is 4.39 Å². The number of ether oxygens (including phenoxy) is 1. The van der Waals surface area contributed by atoms with Crippen molar-refractivity contribution in [2.24, 2.45) is 0 Å². The quantitative estimate of drug-likeness (QED) is 0.931. The summed E-state index contributed by atoms with van der Waals surface area (Å²) in [5.74, 6) is 0.406. The average Bonchev–Trinajstić information content (AvgIpc) is 2.46. The van der Waals surface area contributed by atoms with Crippen LogP contribution in [-0.4, -0.2) is 6.54 Å². The summed E-state index contributed by atoms with van der Waals surface area (Å²) in [7, 11) is 0. The topological polar surface area (TPSA) is 21.3 Å². The lowest BCUT2D eigenvalue weighted by Crippen LogP contribution is -2.23. The van der Waals surface area contributed by atoms with Gasteiger partial charge in [0.15, 0.2) is 0 Å². The Balaban J connectivity index is 1.75. The molecule has 0 saturated heterocycles. The number of hydrogen-bond donors (Lipinski definition) is 1. The van der Waals surface area contributed by atoms with E-state index in [2.05, 4.69) is 11.4 Å². The molecule has 0 saturated carbocycles.